The molecule has 0 atom stereocenters. The summed E-state index contributed by atoms with van der Waals surface area (Å²) in [6, 6.07) is 0. The van der Waals surface area contributed by atoms with Gasteiger partial charge in [0.05, 0.1) is 0 Å². The SMILES string of the molecule is FC1(F)C=CC(CN2CCNCC2)=CC1. The van der Waals surface area contributed by atoms with E-state index in [0.717, 1.165) is 44.4 Å². The molecule has 0 saturated carbocycles. The molecule has 1 heterocycles. The third-order valence-corrected chi connectivity index (χ3v) is 2.79. The van der Waals surface area contributed by atoms with Gasteiger partial charge in [-0.15, -0.1) is 0 Å². The van der Waals surface area contributed by atoms with Gasteiger partial charge in [-0.05, 0) is 11.6 Å². The highest BCUT2D eigenvalue weighted by Crippen LogP contribution is 2.26. The van der Waals surface area contributed by atoms with Gasteiger partial charge in [0, 0.05) is 39.1 Å². The summed E-state index contributed by atoms with van der Waals surface area (Å²) in [5.74, 6) is -2.63. The van der Waals surface area contributed by atoms with Crippen molar-refractivity contribution in [2.24, 2.45) is 0 Å². The van der Waals surface area contributed by atoms with Crippen LogP contribution < -0.4 is 5.32 Å². The summed E-state index contributed by atoms with van der Waals surface area (Å²) in [6.45, 7) is 4.79. The zero-order chi connectivity index (χ0) is 10.7. The maximum atomic E-state index is 12.8. The van der Waals surface area contributed by atoms with E-state index in [9.17, 15) is 8.78 Å². The molecule has 1 aliphatic heterocycles. The number of hydrogen-bond acceptors (Lipinski definition) is 2. The fraction of sp³-hybridized carbons (Fsp3) is 0.636. The van der Waals surface area contributed by atoms with Crippen LogP contribution in [0.3, 0.4) is 0 Å². The summed E-state index contributed by atoms with van der Waals surface area (Å²) in [4.78, 5) is 2.29. The van der Waals surface area contributed by atoms with Gasteiger partial charge in [0.1, 0.15) is 0 Å². The van der Waals surface area contributed by atoms with Gasteiger partial charge in [-0.1, -0.05) is 12.2 Å². The summed E-state index contributed by atoms with van der Waals surface area (Å²) in [5.41, 5.74) is 1.02. The molecule has 1 N–H and O–H groups in total. The number of piperazine rings is 1. The van der Waals surface area contributed by atoms with Crippen molar-refractivity contribution in [2.75, 3.05) is 32.7 Å². The van der Waals surface area contributed by atoms with Crippen LogP contribution in [0, 0.1) is 0 Å². The predicted molar refractivity (Wildman–Crippen MR) is 56.1 cm³/mol. The lowest BCUT2D eigenvalue weighted by Gasteiger charge is -2.28. The lowest BCUT2D eigenvalue weighted by atomic mass is 10.0. The molecule has 0 aromatic heterocycles. The molecular weight excluding hydrogens is 198 g/mol. The quantitative estimate of drug-likeness (QED) is 0.747. The maximum absolute atomic E-state index is 12.8. The lowest BCUT2D eigenvalue weighted by molar-refractivity contribution is 0.0568. The number of nitrogens with zero attached hydrogens (tertiary/aromatic N) is 1. The van der Waals surface area contributed by atoms with Gasteiger partial charge in [0.15, 0.2) is 0 Å². The number of alkyl halides is 2. The summed E-state index contributed by atoms with van der Waals surface area (Å²) in [6.07, 6.45) is 4.09. The molecule has 4 heteroatoms. The Labute approximate surface area is 88.6 Å². The fourth-order valence-electron chi connectivity index (χ4n) is 1.88. The van der Waals surface area contributed by atoms with Gasteiger partial charge in [-0.2, -0.15) is 0 Å². The van der Waals surface area contributed by atoms with Crippen LogP contribution in [0.25, 0.3) is 0 Å². The molecule has 84 valence electrons. The van der Waals surface area contributed by atoms with Crippen LogP contribution in [-0.4, -0.2) is 43.5 Å². The summed E-state index contributed by atoms with van der Waals surface area (Å²) in [5, 5.41) is 3.27. The Morgan fingerprint density at radius 2 is 2.07 bits per heavy atom. The van der Waals surface area contributed by atoms with Crippen LogP contribution in [0.5, 0.6) is 0 Å². The average Bonchev–Trinajstić information content (AvgIpc) is 2.23. The first-order valence-electron chi connectivity index (χ1n) is 5.35. The maximum Gasteiger partial charge on any atom is 0.270 e. The van der Waals surface area contributed by atoms with Gasteiger partial charge in [0.25, 0.3) is 5.92 Å². The van der Waals surface area contributed by atoms with Crippen molar-refractivity contribution in [1.82, 2.24) is 10.2 Å². The molecule has 0 aromatic carbocycles. The van der Waals surface area contributed by atoms with Crippen molar-refractivity contribution in [3.8, 4) is 0 Å². The van der Waals surface area contributed by atoms with Crippen molar-refractivity contribution >= 4 is 0 Å². The van der Waals surface area contributed by atoms with E-state index in [4.69, 9.17) is 0 Å². The molecule has 2 aliphatic rings. The fourth-order valence-corrected chi connectivity index (χ4v) is 1.88. The van der Waals surface area contributed by atoms with Gasteiger partial charge in [-0.3, -0.25) is 4.90 Å². The Morgan fingerprint density at radius 1 is 1.33 bits per heavy atom. The van der Waals surface area contributed by atoms with Crippen LogP contribution >= 0.6 is 0 Å². The largest absolute Gasteiger partial charge is 0.314 e. The molecule has 0 spiro atoms. The van der Waals surface area contributed by atoms with Gasteiger partial charge in [0.2, 0.25) is 0 Å². The van der Waals surface area contributed by atoms with E-state index in [2.05, 4.69) is 10.2 Å². The normalized spacial score (nSPS) is 26.4. The molecule has 2 nitrogen and oxygen atoms in total. The second-order valence-electron chi connectivity index (χ2n) is 4.10. The second-order valence-corrected chi connectivity index (χ2v) is 4.10. The zero-order valence-electron chi connectivity index (χ0n) is 8.68. The smallest absolute Gasteiger partial charge is 0.270 e. The standard InChI is InChI=1S/C11H16F2N2/c12-11(13)3-1-10(2-4-11)9-15-7-5-14-6-8-15/h1-3,14H,4-9H2. The van der Waals surface area contributed by atoms with E-state index in [1.807, 2.05) is 0 Å². The Bertz CT molecular complexity index is 278. The van der Waals surface area contributed by atoms with Gasteiger partial charge >= 0.3 is 0 Å². The average molecular weight is 214 g/mol. The monoisotopic (exact) mass is 214 g/mol. The molecule has 1 fully saturated rings. The van der Waals surface area contributed by atoms with Gasteiger partial charge in [-0.25, -0.2) is 8.78 Å². The van der Waals surface area contributed by atoms with Crippen LogP contribution in [0.2, 0.25) is 0 Å². The summed E-state index contributed by atoms with van der Waals surface area (Å²) in [7, 11) is 0. The molecule has 0 bridgehead atoms. The molecule has 1 aliphatic carbocycles. The van der Waals surface area contributed by atoms with Crippen LogP contribution in [0.15, 0.2) is 23.8 Å². The first-order chi connectivity index (χ1) is 7.16. The Balaban J connectivity index is 1.85. The highest BCUT2D eigenvalue weighted by Gasteiger charge is 2.26. The second kappa shape index (κ2) is 4.41. The van der Waals surface area contributed by atoms with E-state index >= 15 is 0 Å². The minimum Gasteiger partial charge on any atom is -0.314 e. The van der Waals surface area contributed by atoms with Gasteiger partial charge < -0.3 is 5.32 Å². The minimum atomic E-state index is -2.63. The zero-order valence-corrected chi connectivity index (χ0v) is 8.68. The molecule has 0 aromatic rings. The number of allylic oxidation sites excluding steroid dienone is 2. The van der Waals surface area contributed by atoms with Crippen LogP contribution in [-0.2, 0) is 0 Å². The first-order valence-corrected chi connectivity index (χ1v) is 5.35. The Kier molecular flexibility index (Phi) is 3.17. The molecular formula is C11H16F2N2. The minimum absolute atomic E-state index is 0.148. The Morgan fingerprint density at radius 3 is 2.67 bits per heavy atom. The lowest BCUT2D eigenvalue weighted by Crippen LogP contribution is -2.44. The summed E-state index contributed by atoms with van der Waals surface area (Å²) >= 11 is 0. The molecule has 1 saturated heterocycles. The van der Waals surface area contributed by atoms with Crippen molar-refractivity contribution in [2.45, 2.75) is 12.3 Å². The van der Waals surface area contributed by atoms with Crippen molar-refractivity contribution in [3.05, 3.63) is 23.8 Å². The number of hydrogen-bond donors (Lipinski definition) is 1. The van der Waals surface area contributed by atoms with Crippen molar-refractivity contribution in [3.63, 3.8) is 0 Å². The molecule has 0 amide bonds. The Hall–Kier alpha value is -0.740. The van der Waals surface area contributed by atoms with E-state index in [-0.39, 0.29) is 6.42 Å². The first kappa shape index (κ1) is 10.8. The van der Waals surface area contributed by atoms with E-state index in [1.165, 1.54) is 0 Å². The molecule has 15 heavy (non-hydrogen) atoms. The number of nitrogens with one attached hydrogen (secondary N) is 1. The third kappa shape index (κ3) is 3.11. The highest BCUT2D eigenvalue weighted by atomic mass is 19.3. The molecule has 2 rings (SSSR count). The highest BCUT2D eigenvalue weighted by molar-refractivity contribution is 5.27. The summed E-state index contributed by atoms with van der Waals surface area (Å²) < 4.78 is 25.6. The molecule has 0 radical (unpaired) electrons. The van der Waals surface area contributed by atoms with E-state index in [0.29, 0.717) is 0 Å². The topological polar surface area (TPSA) is 15.3 Å². The van der Waals surface area contributed by atoms with E-state index < -0.39 is 5.92 Å². The number of halogens is 2. The number of rotatable bonds is 2. The molecule has 0 unspecified atom stereocenters. The third-order valence-electron chi connectivity index (χ3n) is 2.79. The van der Waals surface area contributed by atoms with E-state index in [1.54, 1.807) is 12.2 Å². The van der Waals surface area contributed by atoms with Crippen LogP contribution in [0.1, 0.15) is 6.42 Å². The van der Waals surface area contributed by atoms with Crippen molar-refractivity contribution in [1.29, 1.82) is 0 Å². The predicted octanol–water partition coefficient (Wildman–Crippen LogP) is 1.41. The van der Waals surface area contributed by atoms with Crippen molar-refractivity contribution < 1.29 is 8.78 Å². The van der Waals surface area contributed by atoms with Crippen LogP contribution in [0.4, 0.5) is 8.78 Å².